The van der Waals surface area contributed by atoms with Crippen LogP contribution in [0.3, 0.4) is 0 Å². The van der Waals surface area contributed by atoms with E-state index in [9.17, 15) is 0 Å². The van der Waals surface area contributed by atoms with Crippen molar-refractivity contribution in [2.45, 2.75) is 0 Å². The quantitative estimate of drug-likeness (QED) is 0.609. The Morgan fingerprint density at radius 3 is 1.43 bits per heavy atom. The van der Waals surface area contributed by atoms with Crippen molar-refractivity contribution in [3.8, 4) is 22.3 Å². The second-order valence-electron chi connectivity index (χ2n) is 4.65. The molecule has 1 aromatic carbocycles. The molecule has 0 radical (unpaired) electrons. The molecule has 5 heteroatoms. The topological polar surface area (TPSA) is 67.3 Å². The molecule has 0 spiro atoms. The molecule has 0 saturated carbocycles. The Hall–Kier alpha value is -3.08. The van der Waals surface area contributed by atoms with Crippen LogP contribution in [0.4, 0.5) is 0 Å². The van der Waals surface area contributed by atoms with Crippen molar-refractivity contribution in [1.82, 2.24) is 25.4 Å². The van der Waals surface area contributed by atoms with Crippen LogP contribution in [0.1, 0.15) is 0 Å². The van der Waals surface area contributed by atoms with E-state index >= 15 is 0 Å². The number of hydrogen-bond donors (Lipinski definition) is 1. The van der Waals surface area contributed by atoms with Crippen molar-refractivity contribution in [3.63, 3.8) is 0 Å². The molecule has 0 aliphatic rings. The zero-order chi connectivity index (χ0) is 14.1. The summed E-state index contributed by atoms with van der Waals surface area (Å²) >= 11 is 0. The first-order valence-electron chi connectivity index (χ1n) is 6.58. The molecule has 5 nitrogen and oxygen atoms in total. The Kier molecular flexibility index (Phi) is 2.67. The predicted octanol–water partition coefficient (Wildman–Crippen LogP) is 3.08. The smallest absolute Gasteiger partial charge is 0.121 e. The van der Waals surface area contributed by atoms with E-state index in [1.807, 2.05) is 24.3 Å². The lowest BCUT2D eigenvalue weighted by Gasteiger charge is -2.06. The molecular formula is C16H11N5. The maximum Gasteiger partial charge on any atom is 0.121 e. The van der Waals surface area contributed by atoms with Gasteiger partial charge < -0.3 is 0 Å². The maximum absolute atomic E-state index is 4.31. The molecule has 4 rings (SSSR count). The van der Waals surface area contributed by atoms with E-state index in [1.54, 1.807) is 24.8 Å². The highest BCUT2D eigenvalue weighted by Gasteiger charge is 2.12. The summed E-state index contributed by atoms with van der Waals surface area (Å²) in [6.07, 6.45) is 7.10. The number of pyridine rings is 2. The Bertz CT molecular complexity index is 811. The van der Waals surface area contributed by atoms with E-state index in [-0.39, 0.29) is 0 Å². The minimum atomic E-state index is 0.857. The average Bonchev–Trinajstić information content (AvgIpc) is 3.05. The van der Waals surface area contributed by atoms with Crippen LogP contribution in [0.5, 0.6) is 0 Å². The predicted molar refractivity (Wildman–Crippen MR) is 80.4 cm³/mol. The number of hydrogen-bond acceptors (Lipinski definition) is 4. The van der Waals surface area contributed by atoms with Gasteiger partial charge in [-0.25, -0.2) is 0 Å². The van der Waals surface area contributed by atoms with Gasteiger partial charge in [-0.1, -0.05) is 12.1 Å². The third kappa shape index (κ3) is 1.95. The Morgan fingerprint density at radius 1 is 0.571 bits per heavy atom. The van der Waals surface area contributed by atoms with Crippen molar-refractivity contribution in [2.24, 2.45) is 0 Å². The summed E-state index contributed by atoms with van der Waals surface area (Å²) < 4.78 is 0. The summed E-state index contributed by atoms with van der Waals surface area (Å²) in [5.74, 6) is 0. The van der Waals surface area contributed by atoms with Crippen molar-refractivity contribution in [3.05, 3.63) is 61.2 Å². The molecule has 0 atom stereocenters. The van der Waals surface area contributed by atoms with Gasteiger partial charge in [0, 0.05) is 35.9 Å². The first kappa shape index (κ1) is 11.7. The second kappa shape index (κ2) is 4.79. The Labute approximate surface area is 120 Å². The SMILES string of the molecule is c1cc(-c2ccc(-c3ccncc3)c3n[nH]nc23)ccn1. The maximum atomic E-state index is 4.31. The van der Waals surface area contributed by atoms with Gasteiger partial charge in [-0.15, -0.1) is 0 Å². The van der Waals surface area contributed by atoms with Gasteiger partial charge in [0.1, 0.15) is 11.0 Å². The number of aromatic nitrogens is 5. The third-order valence-electron chi connectivity index (χ3n) is 3.46. The number of nitrogens with one attached hydrogen (secondary N) is 1. The summed E-state index contributed by atoms with van der Waals surface area (Å²) in [6, 6.07) is 12.0. The number of aromatic amines is 1. The Balaban J connectivity index is 1.97. The molecule has 100 valence electrons. The van der Waals surface area contributed by atoms with E-state index in [0.29, 0.717) is 0 Å². The summed E-state index contributed by atoms with van der Waals surface area (Å²) in [6.45, 7) is 0. The van der Waals surface area contributed by atoms with Crippen molar-refractivity contribution >= 4 is 11.0 Å². The number of benzene rings is 1. The van der Waals surface area contributed by atoms with Crippen LogP contribution in [0.25, 0.3) is 33.3 Å². The summed E-state index contributed by atoms with van der Waals surface area (Å²) in [5, 5.41) is 11.3. The van der Waals surface area contributed by atoms with Gasteiger partial charge in [0.05, 0.1) is 0 Å². The molecule has 0 aliphatic heterocycles. The normalized spacial score (nSPS) is 10.9. The van der Waals surface area contributed by atoms with Crippen LogP contribution < -0.4 is 0 Å². The average molecular weight is 273 g/mol. The summed E-state index contributed by atoms with van der Waals surface area (Å²) in [4.78, 5) is 8.11. The molecule has 3 aromatic heterocycles. The molecule has 0 bridgehead atoms. The number of nitrogens with zero attached hydrogens (tertiary/aromatic N) is 4. The fourth-order valence-corrected chi connectivity index (χ4v) is 2.46. The van der Waals surface area contributed by atoms with Gasteiger partial charge in [0.2, 0.25) is 0 Å². The standard InChI is InChI=1S/C16H11N5/c1-2-14(12-5-9-18-10-6-12)16-15(19-21-20-16)13(1)11-3-7-17-8-4-11/h1-10H,(H,19,20,21). The monoisotopic (exact) mass is 273 g/mol. The first-order chi connectivity index (χ1) is 10.4. The molecule has 3 heterocycles. The van der Waals surface area contributed by atoms with E-state index in [4.69, 9.17) is 0 Å². The van der Waals surface area contributed by atoms with Gasteiger partial charge in [-0.05, 0) is 35.4 Å². The van der Waals surface area contributed by atoms with Crippen molar-refractivity contribution in [2.75, 3.05) is 0 Å². The highest BCUT2D eigenvalue weighted by Crippen LogP contribution is 2.32. The Morgan fingerprint density at radius 2 is 1.00 bits per heavy atom. The molecule has 1 N–H and O–H groups in total. The van der Waals surface area contributed by atoms with Crippen molar-refractivity contribution in [1.29, 1.82) is 0 Å². The van der Waals surface area contributed by atoms with E-state index < -0.39 is 0 Å². The van der Waals surface area contributed by atoms with E-state index in [2.05, 4.69) is 37.5 Å². The molecular weight excluding hydrogens is 262 g/mol. The van der Waals surface area contributed by atoms with Gasteiger partial charge in [-0.3, -0.25) is 9.97 Å². The van der Waals surface area contributed by atoms with Gasteiger partial charge >= 0.3 is 0 Å². The van der Waals surface area contributed by atoms with Crippen molar-refractivity contribution < 1.29 is 0 Å². The van der Waals surface area contributed by atoms with E-state index in [0.717, 1.165) is 33.3 Å². The summed E-state index contributed by atoms with van der Waals surface area (Å²) in [5.41, 5.74) is 5.94. The van der Waals surface area contributed by atoms with Gasteiger partial charge in [-0.2, -0.15) is 15.4 Å². The lowest BCUT2D eigenvalue weighted by molar-refractivity contribution is 0.960. The number of fused-ring (bicyclic) bond motifs is 1. The lowest BCUT2D eigenvalue weighted by Crippen LogP contribution is -1.86. The minimum Gasteiger partial charge on any atom is -0.265 e. The fourth-order valence-electron chi connectivity index (χ4n) is 2.46. The minimum absolute atomic E-state index is 0.857. The molecule has 21 heavy (non-hydrogen) atoms. The largest absolute Gasteiger partial charge is 0.265 e. The molecule has 0 aliphatic carbocycles. The van der Waals surface area contributed by atoms with Crippen LogP contribution in [0, 0.1) is 0 Å². The number of H-pyrrole nitrogens is 1. The fraction of sp³-hybridized carbons (Fsp3) is 0. The van der Waals surface area contributed by atoms with Crippen LogP contribution in [0.15, 0.2) is 61.2 Å². The van der Waals surface area contributed by atoms with Gasteiger partial charge in [0.25, 0.3) is 0 Å². The zero-order valence-electron chi connectivity index (χ0n) is 11.1. The molecule has 0 amide bonds. The summed E-state index contributed by atoms with van der Waals surface area (Å²) in [7, 11) is 0. The lowest BCUT2D eigenvalue weighted by atomic mass is 9.99. The zero-order valence-corrected chi connectivity index (χ0v) is 11.1. The van der Waals surface area contributed by atoms with E-state index in [1.165, 1.54) is 0 Å². The first-order valence-corrected chi connectivity index (χ1v) is 6.58. The van der Waals surface area contributed by atoms with Crippen LogP contribution in [-0.2, 0) is 0 Å². The van der Waals surface area contributed by atoms with Crippen LogP contribution in [-0.4, -0.2) is 25.4 Å². The molecule has 4 aromatic rings. The highest BCUT2D eigenvalue weighted by molar-refractivity contribution is 6.00. The third-order valence-corrected chi connectivity index (χ3v) is 3.46. The van der Waals surface area contributed by atoms with Crippen LogP contribution >= 0.6 is 0 Å². The number of rotatable bonds is 2. The second-order valence-corrected chi connectivity index (χ2v) is 4.65. The molecule has 0 fully saturated rings. The molecule has 0 unspecified atom stereocenters. The van der Waals surface area contributed by atoms with Gasteiger partial charge in [0.15, 0.2) is 0 Å². The molecule has 0 saturated heterocycles. The van der Waals surface area contributed by atoms with Crippen LogP contribution in [0.2, 0.25) is 0 Å². The highest BCUT2D eigenvalue weighted by atomic mass is 15.3.